The van der Waals surface area contributed by atoms with E-state index in [9.17, 15) is 26.4 Å². The Hall–Kier alpha value is -1.55. The number of aliphatic imine (C=N–C) groups is 1. The van der Waals surface area contributed by atoms with Crippen LogP contribution in [-0.2, 0) is 20.8 Å². The van der Waals surface area contributed by atoms with Gasteiger partial charge in [0.1, 0.15) is 0 Å². The maximum absolute atomic E-state index is 13.6. The zero-order valence-corrected chi connectivity index (χ0v) is 17.1. The van der Waals surface area contributed by atoms with Gasteiger partial charge in [-0.3, -0.25) is 4.79 Å². The van der Waals surface area contributed by atoms with Gasteiger partial charge in [0.25, 0.3) is 5.91 Å². The van der Waals surface area contributed by atoms with Crippen LogP contribution in [-0.4, -0.2) is 42.3 Å². The van der Waals surface area contributed by atoms with E-state index in [1.807, 2.05) is 13.8 Å². The number of fused-ring (bicyclic) bond motifs is 1. The van der Waals surface area contributed by atoms with Crippen molar-refractivity contribution >= 4 is 38.4 Å². The summed E-state index contributed by atoms with van der Waals surface area (Å²) in [4.78, 5) is 17.9. The van der Waals surface area contributed by atoms with E-state index in [1.54, 1.807) is 0 Å². The monoisotopic (exact) mass is 434 g/mol. The number of hydrogen-bond donors (Lipinski definition) is 0. The first-order chi connectivity index (χ1) is 13.1. The number of halogens is 3. The summed E-state index contributed by atoms with van der Waals surface area (Å²) in [5.74, 6) is -1.08. The topological polar surface area (TPSA) is 66.8 Å². The lowest BCUT2D eigenvalue weighted by Crippen LogP contribution is -2.39. The standard InChI is InChI=1S/C18H21F3N2O3S2/c1-3-11(4-2)16(24)22-17-23(14-9-28(25,26)10-15(14)27-17)13-8-6-5-7-12(13)18(19,20)21/h5-8,11,14-15H,3-4,9-10H2,1-2H3/t14-,15+/m1/s1. The zero-order valence-electron chi connectivity index (χ0n) is 15.4. The van der Waals surface area contributed by atoms with Crippen LogP contribution in [0.2, 0.25) is 0 Å². The molecule has 1 amide bonds. The zero-order chi connectivity index (χ0) is 20.7. The number of alkyl halides is 3. The van der Waals surface area contributed by atoms with Crippen LogP contribution in [0.5, 0.6) is 0 Å². The molecule has 0 unspecified atom stereocenters. The number of anilines is 1. The van der Waals surface area contributed by atoms with Crippen molar-refractivity contribution in [2.24, 2.45) is 10.9 Å². The van der Waals surface area contributed by atoms with E-state index in [0.717, 1.165) is 17.8 Å². The molecular formula is C18H21F3N2O3S2. The average molecular weight is 435 g/mol. The molecule has 2 heterocycles. The molecule has 0 N–H and O–H groups in total. The van der Waals surface area contributed by atoms with Crippen molar-refractivity contribution in [3.8, 4) is 0 Å². The molecule has 154 valence electrons. The van der Waals surface area contributed by atoms with Crippen LogP contribution in [0.3, 0.4) is 0 Å². The van der Waals surface area contributed by atoms with Crippen molar-refractivity contribution in [3.05, 3.63) is 29.8 Å². The van der Waals surface area contributed by atoms with Crippen molar-refractivity contribution < 1.29 is 26.4 Å². The fourth-order valence-corrected chi connectivity index (χ4v) is 7.51. The predicted molar refractivity (Wildman–Crippen MR) is 104 cm³/mol. The number of rotatable bonds is 4. The summed E-state index contributed by atoms with van der Waals surface area (Å²) in [7, 11) is -3.36. The van der Waals surface area contributed by atoms with Gasteiger partial charge in [0.05, 0.1) is 28.8 Å². The van der Waals surface area contributed by atoms with E-state index in [1.165, 1.54) is 23.1 Å². The fraction of sp³-hybridized carbons (Fsp3) is 0.556. The molecule has 3 rings (SSSR count). The Morgan fingerprint density at radius 1 is 1.25 bits per heavy atom. The lowest BCUT2D eigenvalue weighted by atomic mass is 10.0. The third-order valence-corrected chi connectivity index (χ3v) is 8.29. The first-order valence-electron chi connectivity index (χ1n) is 9.02. The minimum Gasteiger partial charge on any atom is -0.315 e. The van der Waals surface area contributed by atoms with Gasteiger partial charge in [-0.25, -0.2) is 8.42 Å². The van der Waals surface area contributed by atoms with E-state index in [2.05, 4.69) is 4.99 Å². The molecule has 1 aromatic carbocycles. The van der Waals surface area contributed by atoms with Crippen LogP contribution in [0, 0.1) is 5.92 Å². The molecule has 2 atom stereocenters. The molecule has 0 radical (unpaired) electrons. The van der Waals surface area contributed by atoms with E-state index < -0.39 is 32.9 Å². The second kappa shape index (κ2) is 7.70. The Labute approximate surface area is 166 Å². The molecular weight excluding hydrogens is 413 g/mol. The number of para-hydroxylation sites is 1. The maximum atomic E-state index is 13.6. The number of amides is 1. The number of hydrogen-bond acceptors (Lipinski definition) is 4. The van der Waals surface area contributed by atoms with Crippen LogP contribution in [0.1, 0.15) is 32.3 Å². The predicted octanol–water partition coefficient (Wildman–Crippen LogP) is 3.74. The quantitative estimate of drug-likeness (QED) is 0.722. The molecule has 0 aromatic heterocycles. The molecule has 5 nitrogen and oxygen atoms in total. The SMILES string of the molecule is CCC(CC)C(=O)N=C1S[C@H]2CS(=O)(=O)C[C@H]2N1c1ccccc1C(F)(F)F. The van der Waals surface area contributed by atoms with Gasteiger partial charge in [0.15, 0.2) is 15.0 Å². The van der Waals surface area contributed by atoms with Gasteiger partial charge in [-0.2, -0.15) is 18.2 Å². The third-order valence-electron chi connectivity index (χ3n) is 5.08. The third kappa shape index (κ3) is 4.07. The second-order valence-corrected chi connectivity index (χ2v) is 10.3. The largest absolute Gasteiger partial charge is 0.418 e. The van der Waals surface area contributed by atoms with Crippen LogP contribution in [0.15, 0.2) is 29.3 Å². The maximum Gasteiger partial charge on any atom is 0.418 e. The van der Waals surface area contributed by atoms with Gasteiger partial charge in [0.2, 0.25) is 0 Å². The molecule has 2 aliphatic rings. The number of thioether (sulfide) groups is 1. The van der Waals surface area contributed by atoms with E-state index in [0.29, 0.717) is 12.8 Å². The molecule has 2 fully saturated rings. The van der Waals surface area contributed by atoms with Gasteiger partial charge in [-0.15, -0.1) is 0 Å². The van der Waals surface area contributed by atoms with Gasteiger partial charge in [-0.1, -0.05) is 37.7 Å². The molecule has 1 aromatic rings. The van der Waals surface area contributed by atoms with Crippen molar-refractivity contribution in [2.45, 2.75) is 44.2 Å². The summed E-state index contributed by atoms with van der Waals surface area (Å²) >= 11 is 1.08. The highest BCUT2D eigenvalue weighted by Gasteiger charge is 2.51. The molecule has 0 bridgehead atoms. The Bertz CT molecular complexity index is 896. The number of sulfone groups is 1. The molecule has 0 aliphatic carbocycles. The number of benzene rings is 1. The lowest BCUT2D eigenvalue weighted by Gasteiger charge is -2.27. The van der Waals surface area contributed by atoms with Crippen molar-refractivity contribution in [3.63, 3.8) is 0 Å². The minimum absolute atomic E-state index is 0.134. The Morgan fingerprint density at radius 2 is 1.89 bits per heavy atom. The summed E-state index contributed by atoms with van der Waals surface area (Å²) in [6.07, 6.45) is -3.45. The number of carbonyl (C=O) groups excluding carboxylic acids is 1. The average Bonchev–Trinajstić information content (AvgIpc) is 3.06. The number of nitrogens with zero attached hydrogens (tertiary/aromatic N) is 2. The smallest absolute Gasteiger partial charge is 0.315 e. The van der Waals surface area contributed by atoms with Gasteiger partial charge in [-0.05, 0) is 25.0 Å². The van der Waals surface area contributed by atoms with Crippen LogP contribution >= 0.6 is 11.8 Å². The molecule has 0 saturated carbocycles. The molecule has 0 spiro atoms. The highest BCUT2D eigenvalue weighted by Crippen LogP contribution is 2.45. The van der Waals surface area contributed by atoms with Crippen molar-refractivity contribution in [2.75, 3.05) is 16.4 Å². The highest BCUT2D eigenvalue weighted by atomic mass is 32.2. The number of amidine groups is 1. The van der Waals surface area contributed by atoms with Gasteiger partial charge < -0.3 is 4.90 Å². The Morgan fingerprint density at radius 3 is 2.50 bits per heavy atom. The fourth-order valence-electron chi connectivity index (χ4n) is 3.59. The van der Waals surface area contributed by atoms with Crippen LogP contribution in [0.4, 0.5) is 18.9 Å². The summed E-state index contributed by atoms with van der Waals surface area (Å²) < 4.78 is 64.8. The summed E-state index contributed by atoms with van der Waals surface area (Å²) in [5.41, 5.74) is -1.04. The molecule has 2 aliphatic heterocycles. The minimum atomic E-state index is -4.61. The van der Waals surface area contributed by atoms with Gasteiger partial charge in [0, 0.05) is 11.2 Å². The van der Waals surface area contributed by atoms with E-state index in [-0.39, 0.29) is 34.2 Å². The molecule has 28 heavy (non-hydrogen) atoms. The van der Waals surface area contributed by atoms with Crippen LogP contribution in [0.25, 0.3) is 0 Å². The Balaban J connectivity index is 2.09. The van der Waals surface area contributed by atoms with Crippen molar-refractivity contribution in [1.29, 1.82) is 0 Å². The summed E-state index contributed by atoms with van der Waals surface area (Å²) in [6, 6.07) is 4.33. The molecule has 2 saturated heterocycles. The van der Waals surface area contributed by atoms with Gasteiger partial charge >= 0.3 is 6.18 Å². The van der Waals surface area contributed by atoms with Crippen molar-refractivity contribution in [1.82, 2.24) is 0 Å². The van der Waals surface area contributed by atoms with Crippen LogP contribution < -0.4 is 4.90 Å². The normalized spacial score (nSPS) is 25.5. The second-order valence-electron chi connectivity index (χ2n) is 6.93. The number of carbonyl (C=O) groups is 1. The highest BCUT2D eigenvalue weighted by molar-refractivity contribution is 8.16. The van der Waals surface area contributed by atoms with E-state index in [4.69, 9.17) is 0 Å². The first kappa shape index (κ1) is 21.2. The Kier molecular flexibility index (Phi) is 5.82. The summed E-state index contributed by atoms with van der Waals surface area (Å²) in [6.45, 7) is 3.71. The first-order valence-corrected chi connectivity index (χ1v) is 11.7. The lowest BCUT2D eigenvalue weighted by molar-refractivity contribution is -0.137. The molecule has 10 heteroatoms. The summed E-state index contributed by atoms with van der Waals surface area (Å²) in [5, 5.41) is -0.293. The van der Waals surface area contributed by atoms with E-state index >= 15 is 0 Å².